The second-order valence-corrected chi connectivity index (χ2v) is 5.99. The van der Waals surface area contributed by atoms with Crippen LogP contribution in [-0.2, 0) is 0 Å². The van der Waals surface area contributed by atoms with Gasteiger partial charge in [-0.1, -0.05) is 6.07 Å². The average molecular weight is 227 g/mol. The largest absolute Gasteiger partial charge is 0.307 e. The van der Waals surface area contributed by atoms with E-state index in [2.05, 4.69) is 41.5 Å². The Labute approximate surface area is 94.3 Å². The second kappa shape index (κ2) is 5.19. The molecule has 0 spiro atoms. The lowest BCUT2D eigenvalue weighted by molar-refractivity contribution is 0.434. The van der Waals surface area contributed by atoms with Crippen LogP contribution in [0.15, 0.2) is 17.5 Å². The molecule has 0 amide bonds. The van der Waals surface area contributed by atoms with Gasteiger partial charge in [-0.2, -0.15) is 11.8 Å². The first-order valence-corrected chi connectivity index (χ1v) is 7.27. The van der Waals surface area contributed by atoms with Crippen molar-refractivity contribution in [3.05, 3.63) is 22.4 Å². The molecular formula is C11H17NS2. The van der Waals surface area contributed by atoms with Gasteiger partial charge in [-0.25, -0.2) is 0 Å². The van der Waals surface area contributed by atoms with Gasteiger partial charge in [0.05, 0.1) is 0 Å². The molecule has 1 aliphatic heterocycles. The van der Waals surface area contributed by atoms with Crippen LogP contribution in [0.1, 0.15) is 30.7 Å². The van der Waals surface area contributed by atoms with Crippen LogP contribution in [-0.4, -0.2) is 17.5 Å². The predicted octanol–water partition coefficient (Wildman–Crippen LogP) is 3.29. The molecule has 78 valence electrons. The number of hydrogen-bond acceptors (Lipinski definition) is 3. The van der Waals surface area contributed by atoms with Crippen LogP contribution in [0.3, 0.4) is 0 Å². The maximum Gasteiger partial charge on any atom is 0.0388 e. The fourth-order valence-electron chi connectivity index (χ4n) is 1.84. The Balaban J connectivity index is 1.84. The van der Waals surface area contributed by atoms with Crippen molar-refractivity contribution in [2.75, 3.05) is 11.5 Å². The molecule has 2 rings (SSSR count). The van der Waals surface area contributed by atoms with Gasteiger partial charge in [0.2, 0.25) is 0 Å². The molecule has 0 aliphatic carbocycles. The van der Waals surface area contributed by atoms with Gasteiger partial charge in [0, 0.05) is 17.0 Å². The van der Waals surface area contributed by atoms with Crippen molar-refractivity contribution in [1.29, 1.82) is 0 Å². The van der Waals surface area contributed by atoms with Gasteiger partial charge in [-0.3, -0.25) is 0 Å². The highest BCUT2D eigenvalue weighted by molar-refractivity contribution is 7.99. The summed E-state index contributed by atoms with van der Waals surface area (Å²) < 4.78 is 0. The zero-order valence-electron chi connectivity index (χ0n) is 8.53. The number of thioether (sulfide) groups is 1. The summed E-state index contributed by atoms with van der Waals surface area (Å²) >= 11 is 3.94. The maximum absolute atomic E-state index is 3.72. The van der Waals surface area contributed by atoms with E-state index in [1.54, 1.807) is 0 Å². The molecule has 0 aromatic carbocycles. The molecule has 1 nitrogen and oxygen atoms in total. The monoisotopic (exact) mass is 227 g/mol. The fourth-order valence-corrected chi connectivity index (χ4v) is 3.69. The zero-order chi connectivity index (χ0) is 9.80. The van der Waals surface area contributed by atoms with Crippen LogP contribution in [0, 0.1) is 0 Å². The summed E-state index contributed by atoms with van der Waals surface area (Å²) in [6.45, 7) is 2.27. The van der Waals surface area contributed by atoms with Crippen LogP contribution in [0.2, 0.25) is 0 Å². The quantitative estimate of drug-likeness (QED) is 0.850. The molecule has 14 heavy (non-hydrogen) atoms. The number of rotatable bonds is 3. The summed E-state index contributed by atoms with van der Waals surface area (Å²) in [5, 5.41) is 5.88. The molecule has 1 aliphatic rings. The van der Waals surface area contributed by atoms with Gasteiger partial charge in [0.15, 0.2) is 0 Å². The summed E-state index contributed by atoms with van der Waals surface area (Å²) in [5.41, 5.74) is 0. The Hall–Kier alpha value is 0.01000. The molecule has 3 heteroatoms. The third-order valence-corrected chi connectivity index (χ3v) is 4.78. The summed E-state index contributed by atoms with van der Waals surface area (Å²) in [6, 6.07) is 5.63. The molecular weight excluding hydrogens is 210 g/mol. The van der Waals surface area contributed by atoms with Gasteiger partial charge < -0.3 is 5.32 Å². The SMILES string of the molecule is C[C@H](NC1CCSCC1)c1cccs1. The summed E-state index contributed by atoms with van der Waals surface area (Å²) in [4.78, 5) is 1.46. The maximum atomic E-state index is 3.72. The molecule has 2 heterocycles. The van der Waals surface area contributed by atoms with Crippen LogP contribution < -0.4 is 5.32 Å². The molecule has 1 aromatic heterocycles. The van der Waals surface area contributed by atoms with Gasteiger partial charge in [0.1, 0.15) is 0 Å². The van der Waals surface area contributed by atoms with E-state index in [4.69, 9.17) is 0 Å². The first-order chi connectivity index (χ1) is 6.86. The average Bonchev–Trinajstić information content (AvgIpc) is 2.72. The lowest BCUT2D eigenvalue weighted by atomic mass is 10.1. The van der Waals surface area contributed by atoms with Crippen molar-refractivity contribution in [2.24, 2.45) is 0 Å². The van der Waals surface area contributed by atoms with E-state index in [0.29, 0.717) is 6.04 Å². The first kappa shape index (κ1) is 10.5. The summed E-state index contributed by atoms with van der Waals surface area (Å²) in [5.74, 6) is 2.66. The lowest BCUT2D eigenvalue weighted by Gasteiger charge is -2.25. The van der Waals surface area contributed by atoms with Crippen LogP contribution >= 0.6 is 23.1 Å². The molecule has 1 N–H and O–H groups in total. The van der Waals surface area contributed by atoms with Gasteiger partial charge in [0.25, 0.3) is 0 Å². The third kappa shape index (κ3) is 2.75. The summed E-state index contributed by atoms with van der Waals surface area (Å²) in [7, 11) is 0. The molecule has 0 radical (unpaired) electrons. The standard InChI is InChI=1S/C11H17NS2/c1-9(11-3-2-6-14-11)12-10-4-7-13-8-5-10/h2-3,6,9-10,12H,4-5,7-8H2,1H3/t9-/m0/s1. The molecule has 1 saturated heterocycles. The molecule has 1 fully saturated rings. The molecule has 1 atom stereocenters. The molecule has 0 unspecified atom stereocenters. The topological polar surface area (TPSA) is 12.0 Å². The van der Waals surface area contributed by atoms with E-state index < -0.39 is 0 Å². The fraction of sp³-hybridized carbons (Fsp3) is 0.636. The Kier molecular flexibility index (Phi) is 3.90. The Morgan fingerprint density at radius 2 is 2.21 bits per heavy atom. The second-order valence-electron chi connectivity index (χ2n) is 3.79. The van der Waals surface area contributed by atoms with Crippen molar-refractivity contribution in [2.45, 2.75) is 31.8 Å². The van der Waals surface area contributed by atoms with E-state index in [0.717, 1.165) is 6.04 Å². The minimum absolute atomic E-state index is 0.531. The summed E-state index contributed by atoms with van der Waals surface area (Å²) in [6.07, 6.45) is 2.67. The Morgan fingerprint density at radius 1 is 1.43 bits per heavy atom. The van der Waals surface area contributed by atoms with Crippen molar-refractivity contribution >= 4 is 23.1 Å². The highest BCUT2D eigenvalue weighted by Crippen LogP contribution is 2.23. The number of hydrogen-bond donors (Lipinski definition) is 1. The van der Waals surface area contributed by atoms with Crippen LogP contribution in [0.4, 0.5) is 0 Å². The van der Waals surface area contributed by atoms with E-state index in [9.17, 15) is 0 Å². The van der Waals surface area contributed by atoms with Crippen molar-refractivity contribution in [3.63, 3.8) is 0 Å². The van der Waals surface area contributed by atoms with Crippen molar-refractivity contribution in [1.82, 2.24) is 5.32 Å². The third-order valence-electron chi connectivity index (χ3n) is 2.68. The lowest BCUT2D eigenvalue weighted by Crippen LogP contribution is -2.34. The molecule has 1 aromatic rings. The highest BCUT2D eigenvalue weighted by atomic mass is 32.2. The number of thiophene rings is 1. The zero-order valence-corrected chi connectivity index (χ0v) is 10.2. The van der Waals surface area contributed by atoms with Crippen molar-refractivity contribution in [3.8, 4) is 0 Å². The van der Waals surface area contributed by atoms with E-state index in [-0.39, 0.29) is 0 Å². The van der Waals surface area contributed by atoms with Crippen LogP contribution in [0.25, 0.3) is 0 Å². The normalized spacial score (nSPS) is 20.9. The predicted molar refractivity (Wildman–Crippen MR) is 66.2 cm³/mol. The Morgan fingerprint density at radius 3 is 2.86 bits per heavy atom. The minimum Gasteiger partial charge on any atom is -0.307 e. The highest BCUT2D eigenvalue weighted by Gasteiger charge is 2.16. The number of nitrogens with one attached hydrogen (secondary N) is 1. The minimum atomic E-state index is 0.531. The van der Waals surface area contributed by atoms with Gasteiger partial charge >= 0.3 is 0 Å². The van der Waals surface area contributed by atoms with Crippen molar-refractivity contribution < 1.29 is 0 Å². The van der Waals surface area contributed by atoms with Gasteiger partial charge in [-0.15, -0.1) is 11.3 Å². The van der Waals surface area contributed by atoms with E-state index in [1.807, 2.05) is 11.3 Å². The molecule has 0 bridgehead atoms. The van der Waals surface area contributed by atoms with E-state index >= 15 is 0 Å². The first-order valence-electron chi connectivity index (χ1n) is 5.23. The molecule has 0 saturated carbocycles. The Bertz CT molecular complexity index is 252. The van der Waals surface area contributed by atoms with Gasteiger partial charge in [-0.05, 0) is 42.7 Å². The smallest absolute Gasteiger partial charge is 0.0388 e. The van der Waals surface area contributed by atoms with Crippen LogP contribution in [0.5, 0.6) is 0 Å². The van der Waals surface area contributed by atoms with E-state index in [1.165, 1.54) is 29.2 Å².